The first-order valence-electron chi connectivity index (χ1n) is 15.1. The van der Waals surface area contributed by atoms with Crippen molar-refractivity contribution in [2.75, 3.05) is 25.0 Å². The summed E-state index contributed by atoms with van der Waals surface area (Å²) in [6, 6.07) is 8.13. The predicted octanol–water partition coefficient (Wildman–Crippen LogP) is 1.81. The topological polar surface area (TPSA) is 158 Å². The summed E-state index contributed by atoms with van der Waals surface area (Å²) in [6.45, 7) is 4.27. The molecule has 2 aromatic rings. The number of carbonyl (C=O) groups excluding carboxylic acids is 3. The van der Waals surface area contributed by atoms with Crippen LogP contribution < -0.4 is 21.3 Å². The van der Waals surface area contributed by atoms with Gasteiger partial charge < -0.3 is 31.5 Å². The van der Waals surface area contributed by atoms with Gasteiger partial charge in [-0.1, -0.05) is 45.2 Å². The van der Waals surface area contributed by atoms with Gasteiger partial charge in [0, 0.05) is 25.5 Å². The highest BCUT2D eigenvalue weighted by atomic mass is 16.3. The smallest absolute Gasteiger partial charge is 0.270 e. The molecule has 11 nitrogen and oxygen atoms in total. The molecule has 3 amide bonds. The maximum absolute atomic E-state index is 14.1. The minimum Gasteiger partial charge on any atom is -0.391 e. The van der Waals surface area contributed by atoms with Gasteiger partial charge in [-0.2, -0.15) is 5.10 Å². The Morgan fingerprint density at radius 3 is 2.52 bits per heavy atom. The molecule has 6 N–H and O–H groups in total. The quantitative estimate of drug-likeness (QED) is 0.209. The van der Waals surface area contributed by atoms with Crippen LogP contribution in [0.25, 0.3) is 0 Å². The number of hydrogen-bond acceptors (Lipinski definition) is 7. The van der Waals surface area contributed by atoms with Crippen LogP contribution in [0, 0.1) is 17.3 Å². The van der Waals surface area contributed by atoms with Crippen molar-refractivity contribution in [3.05, 3.63) is 47.8 Å². The number of amides is 3. The van der Waals surface area contributed by atoms with Gasteiger partial charge in [0.25, 0.3) is 5.91 Å². The van der Waals surface area contributed by atoms with Crippen LogP contribution in [-0.2, 0) is 22.1 Å². The number of hydrogen-bond donors (Lipinski definition) is 6. The Hall–Kier alpha value is -3.28. The molecule has 2 aliphatic carbocycles. The number of benzene rings is 1. The number of aliphatic hydroxyl groups is 2. The number of aliphatic hydroxyl groups excluding tert-OH is 1. The van der Waals surface area contributed by atoms with Crippen molar-refractivity contribution in [2.24, 2.45) is 24.3 Å². The minimum atomic E-state index is -1.72. The van der Waals surface area contributed by atoms with Crippen LogP contribution in [-0.4, -0.2) is 69.2 Å². The number of anilines is 1. The van der Waals surface area contributed by atoms with Crippen molar-refractivity contribution in [1.29, 1.82) is 0 Å². The molecule has 2 unspecified atom stereocenters. The van der Waals surface area contributed by atoms with Crippen molar-refractivity contribution in [2.45, 2.75) is 76.0 Å². The number of nitrogens with zero attached hydrogens (tertiary/aromatic N) is 2. The second kappa shape index (κ2) is 11.8. The summed E-state index contributed by atoms with van der Waals surface area (Å²) < 4.78 is 1.50. The van der Waals surface area contributed by atoms with Gasteiger partial charge in [-0.15, -0.1) is 0 Å². The Balaban J connectivity index is 1.42. The van der Waals surface area contributed by atoms with Crippen LogP contribution in [0.3, 0.4) is 0 Å². The second-order valence-corrected chi connectivity index (χ2v) is 12.7. The van der Waals surface area contributed by atoms with Crippen LogP contribution in [0.5, 0.6) is 0 Å². The molecule has 1 aromatic heterocycles. The van der Waals surface area contributed by atoms with Gasteiger partial charge in [0.15, 0.2) is 5.72 Å². The highest BCUT2D eigenvalue weighted by Gasteiger charge is 2.54. The lowest BCUT2D eigenvalue weighted by molar-refractivity contribution is -0.137. The van der Waals surface area contributed by atoms with E-state index in [4.69, 9.17) is 0 Å². The molecule has 11 heteroatoms. The largest absolute Gasteiger partial charge is 0.391 e. The molecule has 0 radical (unpaired) electrons. The average Bonchev–Trinajstić information content (AvgIpc) is 3.31. The van der Waals surface area contributed by atoms with E-state index in [1.54, 1.807) is 44.4 Å². The molecular formula is C31H44N6O5. The third-order valence-electron chi connectivity index (χ3n) is 9.95. The Morgan fingerprint density at radius 1 is 1.21 bits per heavy atom. The van der Waals surface area contributed by atoms with E-state index in [2.05, 4.69) is 33.3 Å². The highest BCUT2D eigenvalue weighted by Crippen LogP contribution is 2.58. The number of aryl methyl sites for hydroxylation is 1. The SMILES string of the molecule is CC[C@](O)(CO)NC(=O)C1(c2cccc(NC(=O)[C@@H](NC(=O)c3ccnn3C)C(C3CCC3)C3(C)CC3)c2)CCNC1. The maximum Gasteiger partial charge on any atom is 0.270 e. The van der Waals surface area contributed by atoms with E-state index in [-0.39, 0.29) is 35.5 Å². The first kappa shape index (κ1) is 30.2. The van der Waals surface area contributed by atoms with Crippen molar-refractivity contribution in [3.63, 3.8) is 0 Å². The molecule has 1 saturated heterocycles. The Labute approximate surface area is 246 Å². The van der Waals surface area contributed by atoms with E-state index in [0.29, 0.717) is 42.4 Å². The molecule has 1 aromatic carbocycles. The molecule has 228 valence electrons. The van der Waals surface area contributed by atoms with Gasteiger partial charge in [-0.05, 0) is 73.2 Å². The van der Waals surface area contributed by atoms with Crippen LogP contribution in [0.15, 0.2) is 36.5 Å². The first-order valence-corrected chi connectivity index (χ1v) is 15.1. The monoisotopic (exact) mass is 580 g/mol. The molecule has 4 atom stereocenters. The Morgan fingerprint density at radius 2 is 1.98 bits per heavy atom. The molecule has 2 heterocycles. The van der Waals surface area contributed by atoms with Crippen molar-refractivity contribution >= 4 is 23.4 Å². The molecule has 42 heavy (non-hydrogen) atoms. The zero-order valence-corrected chi connectivity index (χ0v) is 24.8. The fourth-order valence-electron chi connectivity index (χ4n) is 6.65. The minimum absolute atomic E-state index is 0.00484. The summed E-state index contributed by atoms with van der Waals surface area (Å²) in [5.41, 5.74) is -1.10. The van der Waals surface area contributed by atoms with Gasteiger partial charge in [-0.3, -0.25) is 19.1 Å². The molecule has 5 rings (SSSR count). The lowest BCUT2D eigenvalue weighted by atomic mass is 9.66. The summed E-state index contributed by atoms with van der Waals surface area (Å²) >= 11 is 0. The van der Waals surface area contributed by atoms with Crippen LogP contribution in [0.1, 0.15) is 74.8 Å². The van der Waals surface area contributed by atoms with E-state index in [1.165, 1.54) is 4.68 Å². The third-order valence-corrected chi connectivity index (χ3v) is 9.95. The fraction of sp³-hybridized carbons (Fsp3) is 0.613. The van der Waals surface area contributed by atoms with Crippen LogP contribution in [0.2, 0.25) is 0 Å². The van der Waals surface area contributed by atoms with E-state index in [1.807, 2.05) is 6.07 Å². The Bertz CT molecular complexity index is 1310. The number of aromatic nitrogens is 2. The third kappa shape index (κ3) is 5.82. The van der Waals surface area contributed by atoms with Crippen molar-refractivity contribution in [3.8, 4) is 0 Å². The average molecular weight is 581 g/mol. The molecule has 0 bridgehead atoms. The van der Waals surface area contributed by atoms with Crippen molar-refractivity contribution < 1.29 is 24.6 Å². The summed E-state index contributed by atoms with van der Waals surface area (Å²) in [5, 5.41) is 36.4. The van der Waals surface area contributed by atoms with E-state index >= 15 is 0 Å². The number of carbonyl (C=O) groups is 3. The maximum atomic E-state index is 14.1. The zero-order valence-electron chi connectivity index (χ0n) is 24.8. The van der Waals surface area contributed by atoms with Gasteiger partial charge in [-0.25, -0.2) is 0 Å². The van der Waals surface area contributed by atoms with Crippen LogP contribution >= 0.6 is 0 Å². The molecule has 3 aliphatic rings. The number of nitrogens with one attached hydrogen (secondary N) is 4. The lowest BCUT2D eigenvalue weighted by Crippen LogP contribution is -2.57. The second-order valence-electron chi connectivity index (χ2n) is 12.7. The summed E-state index contributed by atoms with van der Waals surface area (Å²) in [4.78, 5) is 41.0. The highest BCUT2D eigenvalue weighted by molar-refractivity contribution is 6.01. The zero-order chi connectivity index (χ0) is 30.1. The van der Waals surface area contributed by atoms with Gasteiger partial charge in [0.2, 0.25) is 11.8 Å². The molecule has 0 spiro atoms. The lowest BCUT2D eigenvalue weighted by Gasteiger charge is -2.42. The molecule has 1 aliphatic heterocycles. The number of rotatable bonds is 12. The Kier molecular flexibility index (Phi) is 8.46. The van der Waals surface area contributed by atoms with E-state index < -0.39 is 23.8 Å². The summed E-state index contributed by atoms with van der Waals surface area (Å²) in [5.74, 6) is -0.629. The molecule has 3 fully saturated rings. The standard InChI is InChI=1S/C31H44N6O5/c1-4-31(42,19-38)36-28(41)30(14-16-32-18-30)21-9-6-10-22(17-21)34-27(40)25(35-26(39)23-11-15-33-37(23)3)24(20-7-5-8-20)29(2)12-13-29/h6,9-11,15,17,20,24-25,32,38,42H,4-5,7-8,12-14,16,18-19H2,1-3H3,(H,34,40)(H,35,39)(H,36,41)/t24?,25-,30?,31-/m0/s1. The molecular weight excluding hydrogens is 536 g/mol. The normalized spacial score (nSPS) is 24.1. The van der Waals surface area contributed by atoms with Crippen molar-refractivity contribution in [1.82, 2.24) is 25.7 Å². The predicted molar refractivity (Wildman–Crippen MR) is 157 cm³/mol. The molecule has 2 saturated carbocycles. The van der Waals surface area contributed by atoms with E-state index in [0.717, 1.165) is 32.1 Å². The summed E-state index contributed by atoms with van der Waals surface area (Å²) in [7, 11) is 1.70. The van der Waals surface area contributed by atoms with Gasteiger partial charge >= 0.3 is 0 Å². The van der Waals surface area contributed by atoms with E-state index in [9.17, 15) is 24.6 Å². The summed E-state index contributed by atoms with van der Waals surface area (Å²) in [6.07, 6.45) is 7.48. The fourth-order valence-corrected chi connectivity index (χ4v) is 6.65. The van der Waals surface area contributed by atoms with Crippen LogP contribution in [0.4, 0.5) is 5.69 Å². The van der Waals surface area contributed by atoms with Gasteiger partial charge in [0.05, 0.1) is 12.0 Å². The first-order chi connectivity index (χ1) is 20.0. The van der Waals surface area contributed by atoms with Gasteiger partial charge in [0.1, 0.15) is 11.7 Å².